The van der Waals surface area contributed by atoms with Gasteiger partial charge in [-0.1, -0.05) is 13.8 Å². The van der Waals surface area contributed by atoms with Crippen LogP contribution in [0.25, 0.3) is 0 Å². The topological polar surface area (TPSA) is 24.9 Å². The van der Waals surface area contributed by atoms with Gasteiger partial charge in [-0.25, -0.2) is 4.98 Å². The first kappa shape index (κ1) is 13.0. The highest BCUT2D eigenvalue weighted by molar-refractivity contribution is 7.11. The Kier molecular flexibility index (Phi) is 3.60. The molecule has 1 aromatic rings. The van der Waals surface area contributed by atoms with Crippen LogP contribution in [0.1, 0.15) is 74.9 Å². The van der Waals surface area contributed by atoms with Crippen LogP contribution in [0.3, 0.4) is 0 Å². The Morgan fingerprint density at radius 2 is 2.00 bits per heavy atom. The van der Waals surface area contributed by atoms with Crippen LogP contribution in [0, 0.1) is 0 Å². The second-order valence-corrected chi connectivity index (χ2v) is 7.51. The van der Waals surface area contributed by atoms with E-state index >= 15 is 0 Å². The second-order valence-electron chi connectivity index (χ2n) is 6.39. The van der Waals surface area contributed by atoms with Crippen LogP contribution in [-0.2, 0) is 6.54 Å². The summed E-state index contributed by atoms with van der Waals surface area (Å²) in [6.45, 7) is 12.1. The normalized spacial score (nSPS) is 16.8. The second kappa shape index (κ2) is 4.69. The van der Waals surface area contributed by atoms with Crippen LogP contribution in [0.5, 0.6) is 0 Å². The minimum atomic E-state index is 0.183. The molecule has 1 aromatic heterocycles. The van der Waals surface area contributed by atoms with Crippen molar-refractivity contribution in [2.24, 2.45) is 0 Å². The molecule has 17 heavy (non-hydrogen) atoms. The third-order valence-electron chi connectivity index (χ3n) is 2.98. The highest BCUT2D eigenvalue weighted by atomic mass is 32.1. The lowest BCUT2D eigenvalue weighted by atomic mass is 10.1. The van der Waals surface area contributed by atoms with Gasteiger partial charge >= 0.3 is 0 Å². The molecule has 1 aliphatic carbocycles. The maximum atomic E-state index is 4.85. The number of nitrogens with one attached hydrogen (secondary N) is 1. The average molecular weight is 252 g/mol. The van der Waals surface area contributed by atoms with Gasteiger partial charge in [0, 0.05) is 28.8 Å². The van der Waals surface area contributed by atoms with Crippen molar-refractivity contribution in [2.45, 2.75) is 71.4 Å². The van der Waals surface area contributed by atoms with Crippen molar-refractivity contribution in [2.75, 3.05) is 0 Å². The lowest BCUT2D eigenvalue weighted by molar-refractivity contribution is 0.425. The zero-order valence-corrected chi connectivity index (χ0v) is 12.4. The number of aromatic nitrogens is 1. The molecule has 0 aromatic carbocycles. The Hall–Kier alpha value is -0.410. The van der Waals surface area contributed by atoms with E-state index in [1.54, 1.807) is 0 Å². The molecule has 3 heteroatoms. The molecule has 2 nitrogen and oxygen atoms in total. The number of nitrogens with zero attached hydrogens (tertiary/aromatic N) is 1. The lowest BCUT2D eigenvalue weighted by Gasteiger charge is -2.20. The Labute approximate surface area is 109 Å². The molecule has 96 valence electrons. The van der Waals surface area contributed by atoms with Crippen LogP contribution in [-0.4, -0.2) is 10.5 Å². The SMILES string of the molecule is CC(C)c1nc(C2CC2)c(CNC(C)(C)C)s1. The molecule has 0 spiro atoms. The monoisotopic (exact) mass is 252 g/mol. The summed E-state index contributed by atoms with van der Waals surface area (Å²) in [5.74, 6) is 1.32. The van der Waals surface area contributed by atoms with Gasteiger partial charge in [-0.05, 0) is 33.6 Å². The van der Waals surface area contributed by atoms with Crippen molar-refractivity contribution >= 4 is 11.3 Å². The van der Waals surface area contributed by atoms with Crippen LogP contribution in [0.4, 0.5) is 0 Å². The molecule has 0 atom stereocenters. The fraction of sp³-hybridized carbons (Fsp3) is 0.786. The fourth-order valence-corrected chi connectivity index (χ4v) is 2.87. The first-order valence-electron chi connectivity index (χ1n) is 6.61. The standard InChI is InChI=1S/C14H24N2S/c1-9(2)13-16-12(10-6-7-10)11(17-13)8-15-14(3,4)5/h9-10,15H,6-8H2,1-5H3. The molecule has 1 heterocycles. The minimum absolute atomic E-state index is 0.183. The molecule has 0 unspecified atom stereocenters. The van der Waals surface area contributed by atoms with Gasteiger partial charge in [0.1, 0.15) is 0 Å². The van der Waals surface area contributed by atoms with Crippen LogP contribution in [0.2, 0.25) is 0 Å². The fourth-order valence-electron chi connectivity index (χ4n) is 1.78. The van der Waals surface area contributed by atoms with E-state index in [0.717, 1.165) is 12.5 Å². The molecule has 0 radical (unpaired) electrons. The highest BCUT2D eigenvalue weighted by Gasteiger charge is 2.30. The molecule has 0 saturated heterocycles. The van der Waals surface area contributed by atoms with Crippen molar-refractivity contribution in [1.82, 2.24) is 10.3 Å². The molecule has 0 aliphatic heterocycles. The molecule has 0 bridgehead atoms. The predicted molar refractivity (Wildman–Crippen MR) is 74.8 cm³/mol. The van der Waals surface area contributed by atoms with Gasteiger partial charge < -0.3 is 5.32 Å². The zero-order chi connectivity index (χ0) is 12.6. The molecule has 0 amide bonds. The van der Waals surface area contributed by atoms with E-state index in [-0.39, 0.29) is 5.54 Å². The number of hydrogen-bond acceptors (Lipinski definition) is 3. The number of rotatable bonds is 4. The zero-order valence-electron chi connectivity index (χ0n) is 11.6. The summed E-state index contributed by atoms with van der Waals surface area (Å²) in [7, 11) is 0. The Morgan fingerprint density at radius 1 is 1.35 bits per heavy atom. The van der Waals surface area contributed by atoms with Crippen molar-refractivity contribution in [3.05, 3.63) is 15.6 Å². The largest absolute Gasteiger partial charge is 0.307 e. The summed E-state index contributed by atoms with van der Waals surface area (Å²) >= 11 is 1.90. The van der Waals surface area contributed by atoms with Crippen LogP contribution >= 0.6 is 11.3 Å². The van der Waals surface area contributed by atoms with E-state index in [2.05, 4.69) is 39.9 Å². The molecule has 1 fully saturated rings. The Morgan fingerprint density at radius 3 is 2.47 bits per heavy atom. The first-order valence-corrected chi connectivity index (χ1v) is 7.43. The van der Waals surface area contributed by atoms with Gasteiger partial charge in [0.05, 0.1) is 10.7 Å². The van der Waals surface area contributed by atoms with Gasteiger partial charge in [0.25, 0.3) is 0 Å². The van der Waals surface area contributed by atoms with Gasteiger partial charge in [0.2, 0.25) is 0 Å². The molecule has 2 rings (SSSR count). The summed E-state index contributed by atoms with van der Waals surface area (Å²) in [4.78, 5) is 6.31. The number of thiazole rings is 1. The maximum absolute atomic E-state index is 4.85. The Balaban J connectivity index is 2.13. The average Bonchev–Trinajstić information content (AvgIpc) is 2.94. The van der Waals surface area contributed by atoms with E-state index in [4.69, 9.17) is 4.98 Å². The molecule has 1 saturated carbocycles. The first-order chi connectivity index (χ1) is 7.87. The lowest BCUT2D eigenvalue weighted by Crippen LogP contribution is -2.35. The van der Waals surface area contributed by atoms with Gasteiger partial charge in [-0.2, -0.15) is 0 Å². The smallest absolute Gasteiger partial charge is 0.0957 e. The van der Waals surface area contributed by atoms with Gasteiger partial charge in [-0.15, -0.1) is 11.3 Å². The number of hydrogen-bond donors (Lipinski definition) is 1. The predicted octanol–water partition coefficient (Wildman–Crippen LogP) is 4.03. The van der Waals surface area contributed by atoms with Crippen molar-refractivity contribution < 1.29 is 0 Å². The summed E-state index contributed by atoms with van der Waals surface area (Å²) < 4.78 is 0. The maximum Gasteiger partial charge on any atom is 0.0957 e. The molecular weight excluding hydrogens is 228 g/mol. The Bertz CT molecular complexity index is 383. The minimum Gasteiger partial charge on any atom is -0.307 e. The quantitative estimate of drug-likeness (QED) is 0.875. The van der Waals surface area contributed by atoms with Gasteiger partial charge in [-0.3, -0.25) is 0 Å². The molecule has 1 aliphatic rings. The molecule has 1 N–H and O–H groups in total. The van der Waals surface area contributed by atoms with Crippen molar-refractivity contribution in [1.29, 1.82) is 0 Å². The summed E-state index contributed by atoms with van der Waals surface area (Å²) in [5.41, 5.74) is 1.57. The summed E-state index contributed by atoms with van der Waals surface area (Å²) in [5, 5.41) is 4.89. The van der Waals surface area contributed by atoms with E-state index in [9.17, 15) is 0 Å². The van der Waals surface area contributed by atoms with E-state index < -0.39 is 0 Å². The third-order valence-corrected chi connectivity index (χ3v) is 4.35. The van der Waals surface area contributed by atoms with Crippen LogP contribution in [0.15, 0.2) is 0 Å². The van der Waals surface area contributed by atoms with Crippen LogP contribution < -0.4 is 5.32 Å². The van der Waals surface area contributed by atoms with E-state index in [1.807, 2.05) is 11.3 Å². The van der Waals surface area contributed by atoms with Crippen molar-refractivity contribution in [3.8, 4) is 0 Å². The molecular formula is C14H24N2S. The van der Waals surface area contributed by atoms with Crippen molar-refractivity contribution in [3.63, 3.8) is 0 Å². The van der Waals surface area contributed by atoms with E-state index in [0.29, 0.717) is 5.92 Å². The highest BCUT2D eigenvalue weighted by Crippen LogP contribution is 2.43. The van der Waals surface area contributed by atoms with Gasteiger partial charge in [0.15, 0.2) is 0 Å². The summed E-state index contributed by atoms with van der Waals surface area (Å²) in [6.07, 6.45) is 2.67. The third kappa shape index (κ3) is 3.52. The van der Waals surface area contributed by atoms with E-state index in [1.165, 1.54) is 28.4 Å². The summed E-state index contributed by atoms with van der Waals surface area (Å²) in [6, 6.07) is 0.